The fourth-order valence-electron chi connectivity index (χ4n) is 1.06. The Kier molecular flexibility index (Phi) is 3.06. The summed E-state index contributed by atoms with van der Waals surface area (Å²) in [4.78, 5) is 9.90. The van der Waals surface area contributed by atoms with Crippen LogP contribution in [0.5, 0.6) is 5.75 Å². The van der Waals surface area contributed by atoms with Gasteiger partial charge in [0.25, 0.3) is 5.69 Å². The van der Waals surface area contributed by atoms with Crippen LogP contribution in [0.25, 0.3) is 0 Å². The Balaban J connectivity index is 3.27. The van der Waals surface area contributed by atoms with Crippen LogP contribution in [0, 0.1) is 10.1 Å². The second kappa shape index (κ2) is 4.27. The van der Waals surface area contributed by atoms with Crippen LogP contribution in [0.4, 0.5) is 5.69 Å². The zero-order valence-corrected chi connectivity index (χ0v) is 7.88. The maximum absolute atomic E-state index is 10.5. The van der Waals surface area contributed by atoms with E-state index >= 15 is 0 Å². The van der Waals surface area contributed by atoms with Gasteiger partial charge in [-0.25, -0.2) is 0 Å². The van der Waals surface area contributed by atoms with Gasteiger partial charge in [-0.3, -0.25) is 10.1 Å². The van der Waals surface area contributed by atoms with E-state index in [-0.39, 0.29) is 17.3 Å². The van der Waals surface area contributed by atoms with Gasteiger partial charge in [0.1, 0.15) is 5.75 Å². The summed E-state index contributed by atoms with van der Waals surface area (Å²) < 4.78 is 4.88. The predicted octanol–water partition coefficient (Wildman–Crippen LogP) is 0.698. The largest absolute Gasteiger partial charge is 0.496 e. The zero-order chi connectivity index (χ0) is 11.4. The van der Waals surface area contributed by atoms with E-state index in [9.17, 15) is 10.1 Å². The minimum Gasteiger partial charge on any atom is -0.496 e. The van der Waals surface area contributed by atoms with E-state index in [1.807, 2.05) is 0 Å². The van der Waals surface area contributed by atoms with Crippen molar-refractivity contribution in [2.75, 3.05) is 7.11 Å². The second-order valence-electron chi connectivity index (χ2n) is 2.63. The third kappa shape index (κ3) is 2.13. The molecule has 0 atom stereocenters. The van der Waals surface area contributed by atoms with Crippen molar-refractivity contribution in [3.63, 3.8) is 0 Å². The molecule has 7 heteroatoms. The van der Waals surface area contributed by atoms with Gasteiger partial charge >= 0.3 is 0 Å². The number of ether oxygens (including phenoxy) is 1. The topological polar surface area (TPSA) is 111 Å². The molecule has 0 unspecified atom stereocenters. The molecule has 0 heterocycles. The molecule has 7 nitrogen and oxygen atoms in total. The summed E-state index contributed by atoms with van der Waals surface area (Å²) in [5, 5.41) is 21.7. The molecule has 0 aromatic heterocycles. The highest BCUT2D eigenvalue weighted by atomic mass is 16.6. The molecular formula is C8H9N3O4. The standard InChI is InChI=1S/C8H9N3O4/c1-15-7-4-5(11(13)14)2-3-6(7)8(9)10-12/h2-4,12H,1H3,(H2,9,10). The summed E-state index contributed by atoms with van der Waals surface area (Å²) in [6.45, 7) is 0. The first-order valence-electron chi connectivity index (χ1n) is 3.90. The molecule has 1 aromatic carbocycles. The van der Waals surface area contributed by atoms with Crippen LogP contribution in [0.1, 0.15) is 5.56 Å². The van der Waals surface area contributed by atoms with Gasteiger partial charge in [-0.05, 0) is 6.07 Å². The molecule has 80 valence electrons. The fourth-order valence-corrected chi connectivity index (χ4v) is 1.06. The number of benzene rings is 1. The molecule has 1 aromatic rings. The van der Waals surface area contributed by atoms with E-state index < -0.39 is 4.92 Å². The quantitative estimate of drug-likeness (QED) is 0.251. The Bertz CT molecular complexity index is 416. The Hall–Kier alpha value is -2.31. The molecule has 0 amide bonds. The van der Waals surface area contributed by atoms with Crippen molar-refractivity contribution in [2.24, 2.45) is 10.9 Å². The minimum atomic E-state index is -0.557. The summed E-state index contributed by atoms with van der Waals surface area (Å²) in [5.74, 6) is 0.0150. The lowest BCUT2D eigenvalue weighted by atomic mass is 10.1. The zero-order valence-electron chi connectivity index (χ0n) is 7.88. The Morgan fingerprint density at radius 2 is 2.33 bits per heavy atom. The lowest BCUT2D eigenvalue weighted by Crippen LogP contribution is -2.14. The second-order valence-corrected chi connectivity index (χ2v) is 2.63. The lowest BCUT2D eigenvalue weighted by molar-refractivity contribution is -0.384. The average molecular weight is 211 g/mol. The van der Waals surface area contributed by atoms with Gasteiger partial charge in [-0.15, -0.1) is 0 Å². The summed E-state index contributed by atoms with van der Waals surface area (Å²) in [6.07, 6.45) is 0. The van der Waals surface area contributed by atoms with Gasteiger partial charge < -0.3 is 15.7 Å². The molecule has 0 spiro atoms. The molecule has 0 radical (unpaired) electrons. The molecular weight excluding hydrogens is 202 g/mol. The van der Waals surface area contributed by atoms with Crippen LogP contribution in [0.3, 0.4) is 0 Å². The van der Waals surface area contributed by atoms with Gasteiger partial charge in [0, 0.05) is 6.07 Å². The summed E-state index contributed by atoms with van der Waals surface area (Å²) in [5.41, 5.74) is 5.52. The van der Waals surface area contributed by atoms with Crippen LogP contribution < -0.4 is 10.5 Å². The van der Waals surface area contributed by atoms with Crippen LogP contribution >= 0.6 is 0 Å². The molecule has 0 fully saturated rings. The molecule has 0 aliphatic heterocycles. The maximum Gasteiger partial charge on any atom is 0.273 e. The Labute approximate surface area is 84.9 Å². The number of non-ortho nitro benzene ring substituents is 1. The summed E-state index contributed by atoms with van der Waals surface area (Å²) >= 11 is 0. The highest BCUT2D eigenvalue weighted by Crippen LogP contribution is 2.24. The first kappa shape index (κ1) is 10.8. The Morgan fingerprint density at radius 1 is 1.67 bits per heavy atom. The van der Waals surface area contributed by atoms with Crippen LogP contribution in [0.2, 0.25) is 0 Å². The molecule has 0 aliphatic rings. The average Bonchev–Trinajstić information content (AvgIpc) is 2.27. The van der Waals surface area contributed by atoms with Gasteiger partial charge in [0.15, 0.2) is 5.84 Å². The number of nitrogens with two attached hydrogens (primary N) is 1. The number of rotatable bonds is 3. The van der Waals surface area contributed by atoms with E-state index in [2.05, 4.69) is 5.16 Å². The van der Waals surface area contributed by atoms with Crippen LogP contribution in [-0.2, 0) is 0 Å². The van der Waals surface area contributed by atoms with Crippen LogP contribution in [-0.4, -0.2) is 23.1 Å². The van der Waals surface area contributed by atoms with Crippen molar-refractivity contribution in [3.8, 4) is 5.75 Å². The summed E-state index contributed by atoms with van der Waals surface area (Å²) in [7, 11) is 1.34. The highest BCUT2D eigenvalue weighted by Gasteiger charge is 2.13. The molecule has 0 saturated heterocycles. The number of methoxy groups -OCH3 is 1. The monoisotopic (exact) mass is 211 g/mol. The predicted molar refractivity (Wildman–Crippen MR) is 52.2 cm³/mol. The number of oxime groups is 1. The van der Waals surface area contributed by atoms with Gasteiger partial charge in [0.05, 0.1) is 23.7 Å². The van der Waals surface area contributed by atoms with E-state index in [0.717, 1.165) is 0 Å². The van der Waals surface area contributed by atoms with Crippen molar-refractivity contribution in [1.82, 2.24) is 0 Å². The van der Waals surface area contributed by atoms with Gasteiger partial charge in [0.2, 0.25) is 0 Å². The lowest BCUT2D eigenvalue weighted by Gasteiger charge is -2.05. The number of amidine groups is 1. The number of nitro benzene ring substituents is 1. The van der Waals surface area contributed by atoms with Crippen molar-refractivity contribution in [2.45, 2.75) is 0 Å². The molecule has 15 heavy (non-hydrogen) atoms. The van der Waals surface area contributed by atoms with E-state index in [1.165, 1.54) is 25.3 Å². The van der Waals surface area contributed by atoms with Crippen molar-refractivity contribution in [1.29, 1.82) is 0 Å². The third-order valence-electron chi connectivity index (χ3n) is 1.78. The van der Waals surface area contributed by atoms with E-state index in [4.69, 9.17) is 15.7 Å². The minimum absolute atomic E-state index is 0.124. The molecule has 0 saturated carbocycles. The normalized spacial score (nSPS) is 11.1. The number of nitrogens with zero attached hydrogens (tertiary/aromatic N) is 2. The van der Waals surface area contributed by atoms with Crippen molar-refractivity contribution >= 4 is 11.5 Å². The maximum atomic E-state index is 10.5. The van der Waals surface area contributed by atoms with E-state index in [0.29, 0.717) is 5.56 Å². The van der Waals surface area contributed by atoms with E-state index in [1.54, 1.807) is 0 Å². The SMILES string of the molecule is COc1cc([N+](=O)[O-])ccc1/C(N)=N/O. The molecule has 0 aliphatic carbocycles. The van der Waals surface area contributed by atoms with Crippen molar-refractivity contribution in [3.05, 3.63) is 33.9 Å². The highest BCUT2D eigenvalue weighted by molar-refractivity contribution is 5.99. The first-order chi connectivity index (χ1) is 7.10. The molecule has 0 bridgehead atoms. The smallest absolute Gasteiger partial charge is 0.273 e. The van der Waals surface area contributed by atoms with Crippen molar-refractivity contribution < 1.29 is 14.9 Å². The third-order valence-corrected chi connectivity index (χ3v) is 1.78. The number of hydrogen-bond donors (Lipinski definition) is 2. The Morgan fingerprint density at radius 3 is 2.80 bits per heavy atom. The molecule has 1 rings (SSSR count). The van der Waals surface area contributed by atoms with Crippen LogP contribution in [0.15, 0.2) is 23.4 Å². The first-order valence-corrected chi connectivity index (χ1v) is 3.90. The van der Waals surface area contributed by atoms with Gasteiger partial charge in [-0.2, -0.15) is 0 Å². The fraction of sp³-hybridized carbons (Fsp3) is 0.125. The van der Waals surface area contributed by atoms with Gasteiger partial charge in [-0.1, -0.05) is 5.16 Å². The number of hydrogen-bond acceptors (Lipinski definition) is 5. The summed E-state index contributed by atoms with van der Waals surface area (Å²) in [6, 6.07) is 3.80. The number of nitro groups is 1. The molecule has 3 N–H and O–H groups in total.